The molecule has 1 atom stereocenters. The minimum Gasteiger partial charge on any atom is -0.491 e. The summed E-state index contributed by atoms with van der Waals surface area (Å²) in [6.07, 6.45) is 2.81. The lowest BCUT2D eigenvalue weighted by Crippen LogP contribution is -2.82. The Morgan fingerprint density at radius 3 is 2.22 bits per heavy atom. The first kappa shape index (κ1) is 19.2. The molecule has 0 saturated carbocycles. The Balaban J connectivity index is 1.70. The highest BCUT2D eigenvalue weighted by molar-refractivity contribution is 5.36. The molecule has 0 unspecified atom stereocenters. The number of quaternary nitrogens is 1. The fourth-order valence-electron chi connectivity index (χ4n) is 3.23. The molecule has 2 N–H and O–H groups in total. The maximum atomic E-state index is 13.4. The van der Waals surface area contributed by atoms with E-state index in [1.807, 2.05) is 50.2 Å². The Hall–Kier alpha value is -2.59. The summed E-state index contributed by atoms with van der Waals surface area (Å²) in [6, 6.07) is 19.0. The summed E-state index contributed by atoms with van der Waals surface area (Å²) in [5.74, 6) is 1.86. The van der Waals surface area contributed by atoms with Gasteiger partial charge in [0.15, 0.2) is 5.76 Å². The summed E-state index contributed by atoms with van der Waals surface area (Å²) in [5.41, 5.74) is 2.34. The van der Waals surface area contributed by atoms with E-state index in [9.17, 15) is 4.39 Å². The van der Waals surface area contributed by atoms with Gasteiger partial charge in [-0.3, -0.25) is 0 Å². The van der Waals surface area contributed by atoms with Crippen LogP contribution in [0.2, 0.25) is 0 Å². The van der Waals surface area contributed by atoms with Gasteiger partial charge in [-0.2, -0.15) is 0 Å². The molecule has 0 saturated heterocycles. The van der Waals surface area contributed by atoms with E-state index >= 15 is 0 Å². The van der Waals surface area contributed by atoms with Crippen LogP contribution in [-0.2, 0) is 6.54 Å². The van der Waals surface area contributed by atoms with E-state index in [2.05, 4.69) is 17.4 Å². The summed E-state index contributed by atoms with van der Waals surface area (Å²) >= 11 is 0. The summed E-state index contributed by atoms with van der Waals surface area (Å²) < 4.78 is 24.5. The lowest BCUT2D eigenvalue weighted by Gasteiger charge is -2.18. The van der Waals surface area contributed by atoms with E-state index in [-0.39, 0.29) is 17.8 Å². The zero-order valence-electron chi connectivity index (χ0n) is 15.9. The van der Waals surface area contributed by atoms with Crippen molar-refractivity contribution >= 4 is 0 Å². The topological polar surface area (TPSA) is 39.0 Å². The molecule has 27 heavy (non-hydrogen) atoms. The smallest absolute Gasteiger partial charge is 0.157 e. The van der Waals surface area contributed by atoms with E-state index in [1.54, 1.807) is 6.26 Å². The van der Waals surface area contributed by atoms with Gasteiger partial charge in [0, 0.05) is 12.3 Å². The molecule has 1 aromatic heterocycles. The highest BCUT2D eigenvalue weighted by atomic mass is 19.1. The maximum absolute atomic E-state index is 13.4. The number of hydrogen-bond acceptors (Lipinski definition) is 2. The Bertz CT molecular complexity index is 795. The van der Waals surface area contributed by atoms with Crippen molar-refractivity contribution in [2.75, 3.05) is 6.54 Å². The van der Waals surface area contributed by atoms with Gasteiger partial charge in [-0.25, -0.2) is 4.39 Å². The van der Waals surface area contributed by atoms with Crippen molar-refractivity contribution in [3.63, 3.8) is 0 Å². The van der Waals surface area contributed by atoms with Gasteiger partial charge in [-0.05, 0) is 61.4 Å². The van der Waals surface area contributed by atoms with Gasteiger partial charge in [-0.1, -0.05) is 24.3 Å². The van der Waals surface area contributed by atoms with E-state index in [0.29, 0.717) is 0 Å². The summed E-state index contributed by atoms with van der Waals surface area (Å²) in [6.45, 7) is 5.81. The second-order valence-electron chi connectivity index (χ2n) is 6.99. The number of benzene rings is 2. The van der Waals surface area contributed by atoms with Crippen LogP contribution in [0.1, 0.15) is 43.1 Å². The SMILES string of the molecule is CC(C)Oc1ccc([C@H](CC[NH2+]Cc2ccco2)c2ccc(F)cc2)cc1. The van der Waals surface area contributed by atoms with Crippen LogP contribution in [0.15, 0.2) is 71.3 Å². The Morgan fingerprint density at radius 1 is 0.963 bits per heavy atom. The zero-order chi connectivity index (χ0) is 19.1. The number of nitrogens with two attached hydrogens (primary N) is 1. The Kier molecular flexibility index (Phi) is 6.66. The predicted molar refractivity (Wildman–Crippen MR) is 104 cm³/mol. The minimum atomic E-state index is -0.206. The van der Waals surface area contributed by atoms with Gasteiger partial charge in [-0.15, -0.1) is 0 Å². The molecule has 0 amide bonds. The Morgan fingerprint density at radius 2 is 1.63 bits per heavy atom. The number of hydrogen-bond donors (Lipinski definition) is 1. The number of rotatable bonds is 9. The van der Waals surface area contributed by atoms with Crippen molar-refractivity contribution in [1.82, 2.24) is 0 Å². The molecule has 0 radical (unpaired) electrons. The molecule has 0 aliphatic heterocycles. The maximum Gasteiger partial charge on any atom is 0.157 e. The third-order valence-corrected chi connectivity index (χ3v) is 4.51. The van der Waals surface area contributed by atoms with Crippen LogP contribution in [-0.4, -0.2) is 12.6 Å². The monoisotopic (exact) mass is 368 g/mol. The first-order valence-electron chi connectivity index (χ1n) is 9.48. The lowest BCUT2D eigenvalue weighted by atomic mass is 9.88. The largest absolute Gasteiger partial charge is 0.491 e. The molecule has 3 rings (SSSR count). The first-order chi connectivity index (χ1) is 13.1. The highest BCUT2D eigenvalue weighted by Crippen LogP contribution is 2.29. The normalized spacial score (nSPS) is 12.3. The molecule has 0 spiro atoms. The first-order valence-corrected chi connectivity index (χ1v) is 9.48. The van der Waals surface area contributed by atoms with Crippen LogP contribution in [0.25, 0.3) is 0 Å². The molecule has 0 aliphatic rings. The second kappa shape index (κ2) is 9.38. The summed E-state index contributed by atoms with van der Waals surface area (Å²) in [5, 5.41) is 2.24. The molecule has 4 heteroatoms. The second-order valence-corrected chi connectivity index (χ2v) is 6.99. The fraction of sp³-hybridized carbons (Fsp3) is 0.304. The molecule has 142 valence electrons. The molecule has 3 aromatic rings. The fourth-order valence-corrected chi connectivity index (χ4v) is 3.23. The molecule has 1 heterocycles. The average molecular weight is 368 g/mol. The molecular formula is C23H27FNO2+. The Labute approximate surface area is 160 Å². The van der Waals surface area contributed by atoms with Gasteiger partial charge in [0.05, 0.1) is 18.9 Å². The van der Waals surface area contributed by atoms with Gasteiger partial charge < -0.3 is 14.5 Å². The third kappa shape index (κ3) is 5.69. The van der Waals surface area contributed by atoms with E-state index in [4.69, 9.17) is 9.15 Å². The van der Waals surface area contributed by atoms with Crippen LogP contribution in [0.5, 0.6) is 5.75 Å². The van der Waals surface area contributed by atoms with E-state index in [1.165, 1.54) is 17.7 Å². The van der Waals surface area contributed by atoms with Crippen molar-refractivity contribution in [2.24, 2.45) is 0 Å². The quantitative estimate of drug-likeness (QED) is 0.565. The van der Waals surface area contributed by atoms with Gasteiger partial charge in [0.1, 0.15) is 18.1 Å². The molecule has 0 fully saturated rings. The summed E-state index contributed by atoms with van der Waals surface area (Å²) in [7, 11) is 0. The molecule has 0 bridgehead atoms. The van der Waals surface area contributed by atoms with E-state index in [0.717, 1.165) is 36.6 Å². The van der Waals surface area contributed by atoms with Crippen LogP contribution >= 0.6 is 0 Å². The highest BCUT2D eigenvalue weighted by Gasteiger charge is 2.16. The molecule has 3 nitrogen and oxygen atoms in total. The number of furan rings is 1. The zero-order valence-corrected chi connectivity index (χ0v) is 15.9. The van der Waals surface area contributed by atoms with Crippen LogP contribution in [0.3, 0.4) is 0 Å². The summed E-state index contributed by atoms with van der Waals surface area (Å²) in [4.78, 5) is 0. The van der Waals surface area contributed by atoms with Crippen LogP contribution in [0.4, 0.5) is 4.39 Å². The third-order valence-electron chi connectivity index (χ3n) is 4.51. The van der Waals surface area contributed by atoms with Gasteiger partial charge >= 0.3 is 0 Å². The van der Waals surface area contributed by atoms with Gasteiger partial charge in [0.25, 0.3) is 0 Å². The number of ether oxygens (including phenoxy) is 1. The van der Waals surface area contributed by atoms with Crippen molar-refractivity contribution in [2.45, 2.75) is 38.8 Å². The molecular weight excluding hydrogens is 341 g/mol. The van der Waals surface area contributed by atoms with Gasteiger partial charge in [0.2, 0.25) is 0 Å². The van der Waals surface area contributed by atoms with Crippen molar-refractivity contribution < 1.29 is 18.9 Å². The molecule has 2 aromatic carbocycles. The lowest BCUT2D eigenvalue weighted by molar-refractivity contribution is -0.672. The minimum absolute atomic E-state index is 0.153. The van der Waals surface area contributed by atoms with Crippen LogP contribution in [0, 0.1) is 5.82 Å². The van der Waals surface area contributed by atoms with Crippen molar-refractivity contribution in [3.8, 4) is 5.75 Å². The standard InChI is InChI=1S/C23H26FNO2/c1-17(2)27-21-11-7-19(8-12-21)23(18-5-9-20(24)10-6-18)13-14-25-16-22-4-3-15-26-22/h3-12,15,17,23,25H,13-14,16H2,1-2H3/p+1/t23-/m1/s1. The predicted octanol–water partition coefficient (Wildman–Crippen LogP) is 4.49. The van der Waals surface area contributed by atoms with Crippen LogP contribution < -0.4 is 10.1 Å². The van der Waals surface area contributed by atoms with E-state index < -0.39 is 0 Å². The average Bonchev–Trinajstić information content (AvgIpc) is 3.17. The van der Waals surface area contributed by atoms with Crippen molar-refractivity contribution in [1.29, 1.82) is 0 Å². The number of halogens is 1. The molecule has 0 aliphatic carbocycles. The van der Waals surface area contributed by atoms with Crippen molar-refractivity contribution in [3.05, 3.63) is 89.6 Å².